The molecule has 14 heavy (non-hydrogen) atoms. The molecule has 2 atom stereocenters. The molecular formula is C10H17BrO3. The third kappa shape index (κ3) is 2.30. The molecular weight excluding hydrogens is 248 g/mol. The second-order valence-corrected chi connectivity index (χ2v) is 5.62. The predicted octanol–water partition coefficient (Wildman–Crippen LogP) is 2.78. The first kappa shape index (κ1) is 10.9. The Hall–Kier alpha value is 0.360. The van der Waals surface area contributed by atoms with Crippen molar-refractivity contribution in [1.29, 1.82) is 0 Å². The van der Waals surface area contributed by atoms with Crippen LogP contribution in [0.15, 0.2) is 0 Å². The van der Waals surface area contributed by atoms with E-state index in [0.29, 0.717) is 6.61 Å². The third-order valence-electron chi connectivity index (χ3n) is 2.96. The largest absolute Gasteiger partial charge is 0.344 e. The lowest BCUT2D eigenvalue weighted by molar-refractivity contribution is -0.490. The second-order valence-electron chi connectivity index (χ2n) is 4.18. The van der Waals surface area contributed by atoms with Crippen molar-refractivity contribution in [3.05, 3.63) is 0 Å². The SMILES string of the molecule is C[C@@H](Br)[C@@H]1COC2(CCCCC2)OO1. The standard InChI is InChI=1S/C10H17BrO3/c1-8(11)9-7-12-10(14-13-9)5-3-2-4-6-10/h8-9H,2-7H2,1H3/t8-,9+/m1/s1. The Kier molecular flexibility index (Phi) is 3.47. The first-order valence-corrected chi connectivity index (χ1v) is 6.26. The van der Waals surface area contributed by atoms with Crippen LogP contribution in [-0.4, -0.2) is 23.3 Å². The average molecular weight is 265 g/mol. The number of hydrogen-bond acceptors (Lipinski definition) is 3. The van der Waals surface area contributed by atoms with Crippen LogP contribution in [0.5, 0.6) is 0 Å². The highest BCUT2D eigenvalue weighted by molar-refractivity contribution is 9.09. The highest BCUT2D eigenvalue weighted by atomic mass is 79.9. The summed E-state index contributed by atoms with van der Waals surface area (Å²) in [4.78, 5) is 11.1. The van der Waals surface area contributed by atoms with Crippen LogP contribution in [0.25, 0.3) is 0 Å². The van der Waals surface area contributed by atoms with Crippen molar-refractivity contribution in [2.75, 3.05) is 6.61 Å². The van der Waals surface area contributed by atoms with Crippen LogP contribution in [0.1, 0.15) is 39.0 Å². The topological polar surface area (TPSA) is 27.7 Å². The van der Waals surface area contributed by atoms with Crippen molar-refractivity contribution >= 4 is 15.9 Å². The zero-order valence-corrected chi connectivity index (χ0v) is 10.1. The van der Waals surface area contributed by atoms with Gasteiger partial charge in [0.05, 0.1) is 6.61 Å². The molecule has 1 saturated heterocycles. The lowest BCUT2D eigenvalue weighted by Crippen LogP contribution is -2.48. The summed E-state index contributed by atoms with van der Waals surface area (Å²) >= 11 is 3.46. The predicted molar refractivity (Wildman–Crippen MR) is 56.1 cm³/mol. The molecule has 1 saturated carbocycles. The lowest BCUT2D eigenvalue weighted by atomic mass is 9.94. The summed E-state index contributed by atoms with van der Waals surface area (Å²) in [6.07, 6.45) is 5.59. The average Bonchev–Trinajstić information content (AvgIpc) is 2.19. The van der Waals surface area contributed by atoms with Gasteiger partial charge in [-0.2, -0.15) is 0 Å². The minimum absolute atomic E-state index is 0.0163. The molecule has 2 fully saturated rings. The maximum atomic E-state index is 5.80. The van der Waals surface area contributed by atoms with Gasteiger partial charge in [-0.1, -0.05) is 22.4 Å². The zero-order chi connectivity index (χ0) is 10.0. The van der Waals surface area contributed by atoms with E-state index >= 15 is 0 Å². The molecule has 1 aliphatic heterocycles. The van der Waals surface area contributed by atoms with Crippen molar-refractivity contribution < 1.29 is 14.5 Å². The summed E-state index contributed by atoms with van der Waals surface area (Å²) in [5, 5.41) is 0. The number of alkyl halides is 1. The van der Waals surface area contributed by atoms with Gasteiger partial charge in [0.2, 0.25) is 5.79 Å². The van der Waals surface area contributed by atoms with Crippen molar-refractivity contribution in [3.8, 4) is 0 Å². The fourth-order valence-electron chi connectivity index (χ4n) is 1.96. The Morgan fingerprint density at radius 1 is 1.29 bits per heavy atom. The number of hydrogen-bond donors (Lipinski definition) is 0. The van der Waals surface area contributed by atoms with Gasteiger partial charge in [-0.15, -0.1) is 0 Å². The smallest absolute Gasteiger partial charge is 0.201 e. The summed E-state index contributed by atoms with van der Waals surface area (Å²) in [6, 6.07) is 0. The molecule has 2 aliphatic rings. The Bertz CT molecular complexity index is 180. The zero-order valence-electron chi connectivity index (χ0n) is 8.50. The molecule has 82 valence electrons. The van der Waals surface area contributed by atoms with Crippen molar-refractivity contribution in [2.24, 2.45) is 0 Å². The summed E-state index contributed by atoms with van der Waals surface area (Å²) in [5.74, 6) is -0.420. The van der Waals surface area contributed by atoms with Crippen LogP contribution in [0.3, 0.4) is 0 Å². The first-order valence-electron chi connectivity index (χ1n) is 5.34. The molecule has 0 amide bonds. The van der Waals surface area contributed by atoms with E-state index in [4.69, 9.17) is 14.5 Å². The normalized spacial score (nSPS) is 34.3. The quantitative estimate of drug-likeness (QED) is 0.539. The minimum Gasteiger partial charge on any atom is -0.344 e. The second kappa shape index (κ2) is 4.47. The van der Waals surface area contributed by atoms with Crippen LogP contribution in [0, 0.1) is 0 Å². The minimum atomic E-state index is -0.420. The maximum absolute atomic E-state index is 5.80. The van der Waals surface area contributed by atoms with Gasteiger partial charge in [0.15, 0.2) is 0 Å². The molecule has 0 radical (unpaired) electrons. The number of rotatable bonds is 1. The van der Waals surface area contributed by atoms with E-state index in [1.54, 1.807) is 0 Å². The molecule has 4 heteroatoms. The summed E-state index contributed by atoms with van der Waals surface area (Å²) in [7, 11) is 0. The summed E-state index contributed by atoms with van der Waals surface area (Å²) < 4.78 is 5.80. The molecule has 1 heterocycles. The molecule has 0 bridgehead atoms. The monoisotopic (exact) mass is 264 g/mol. The van der Waals surface area contributed by atoms with Gasteiger partial charge in [-0.3, -0.25) is 0 Å². The molecule has 0 N–H and O–H groups in total. The van der Waals surface area contributed by atoms with E-state index in [2.05, 4.69) is 15.9 Å². The van der Waals surface area contributed by atoms with E-state index in [0.717, 1.165) is 12.8 Å². The molecule has 1 spiro atoms. The number of ether oxygens (including phenoxy) is 1. The van der Waals surface area contributed by atoms with Crippen molar-refractivity contribution in [2.45, 2.75) is 55.7 Å². The fraction of sp³-hybridized carbons (Fsp3) is 1.00. The number of halogens is 1. The van der Waals surface area contributed by atoms with E-state index < -0.39 is 5.79 Å². The van der Waals surface area contributed by atoms with Crippen LogP contribution in [0.4, 0.5) is 0 Å². The molecule has 2 rings (SSSR count). The Balaban J connectivity index is 1.87. The third-order valence-corrected chi connectivity index (χ3v) is 3.55. The van der Waals surface area contributed by atoms with Crippen molar-refractivity contribution in [1.82, 2.24) is 0 Å². The summed E-state index contributed by atoms with van der Waals surface area (Å²) in [5.41, 5.74) is 0. The first-order chi connectivity index (χ1) is 6.72. The molecule has 0 aromatic carbocycles. The molecule has 1 aliphatic carbocycles. The van der Waals surface area contributed by atoms with Gasteiger partial charge in [-0.25, -0.2) is 9.78 Å². The highest BCUT2D eigenvalue weighted by Gasteiger charge is 2.41. The Morgan fingerprint density at radius 2 is 2.00 bits per heavy atom. The molecule has 0 unspecified atom stereocenters. The summed E-state index contributed by atoms with van der Waals surface area (Å²) in [6.45, 7) is 2.67. The van der Waals surface area contributed by atoms with Gasteiger partial charge in [-0.05, 0) is 19.8 Å². The van der Waals surface area contributed by atoms with Gasteiger partial charge in [0.25, 0.3) is 0 Å². The fourth-order valence-corrected chi connectivity index (χ4v) is 2.20. The lowest BCUT2D eigenvalue weighted by Gasteiger charge is -2.41. The Morgan fingerprint density at radius 3 is 2.50 bits per heavy atom. The van der Waals surface area contributed by atoms with E-state index in [-0.39, 0.29) is 10.9 Å². The van der Waals surface area contributed by atoms with Crippen LogP contribution in [-0.2, 0) is 14.5 Å². The van der Waals surface area contributed by atoms with E-state index in [1.807, 2.05) is 6.92 Å². The van der Waals surface area contributed by atoms with Crippen molar-refractivity contribution in [3.63, 3.8) is 0 Å². The van der Waals surface area contributed by atoms with Gasteiger partial charge < -0.3 is 4.74 Å². The van der Waals surface area contributed by atoms with Crippen LogP contribution >= 0.6 is 15.9 Å². The van der Waals surface area contributed by atoms with Gasteiger partial charge >= 0.3 is 0 Å². The van der Waals surface area contributed by atoms with E-state index in [1.165, 1.54) is 19.3 Å². The van der Waals surface area contributed by atoms with Crippen LogP contribution in [0.2, 0.25) is 0 Å². The van der Waals surface area contributed by atoms with Gasteiger partial charge in [0.1, 0.15) is 6.10 Å². The van der Waals surface area contributed by atoms with E-state index in [9.17, 15) is 0 Å². The molecule has 0 aromatic rings. The molecule has 0 aromatic heterocycles. The molecule has 3 nitrogen and oxygen atoms in total. The maximum Gasteiger partial charge on any atom is 0.201 e. The van der Waals surface area contributed by atoms with Crippen LogP contribution < -0.4 is 0 Å². The Labute approximate surface area is 93.1 Å². The highest BCUT2D eigenvalue weighted by Crippen LogP contribution is 2.36. The van der Waals surface area contributed by atoms with Gasteiger partial charge in [0, 0.05) is 17.7 Å².